The molecule has 0 spiro atoms. The summed E-state index contributed by atoms with van der Waals surface area (Å²) < 4.78 is 2.79. The predicted molar refractivity (Wildman–Crippen MR) is 96.9 cm³/mol. The van der Waals surface area contributed by atoms with Crippen molar-refractivity contribution in [1.82, 2.24) is 20.0 Å². The van der Waals surface area contributed by atoms with E-state index in [0.717, 1.165) is 33.1 Å². The fraction of sp³-hybridized carbons (Fsp3) is 0.200. The summed E-state index contributed by atoms with van der Waals surface area (Å²) in [5.74, 6) is 0.785. The zero-order chi connectivity index (χ0) is 16.8. The van der Waals surface area contributed by atoms with Crippen molar-refractivity contribution in [1.29, 1.82) is 0 Å². The Hall–Kier alpha value is -2.39. The van der Waals surface area contributed by atoms with E-state index in [4.69, 9.17) is 0 Å². The molecule has 0 aliphatic carbocycles. The highest BCUT2D eigenvalue weighted by atomic mass is 32.2. The molecule has 124 valence electrons. The van der Waals surface area contributed by atoms with Crippen LogP contribution in [0.1, 0.15) is 6.92 Å². The number of thioether (sulfide) groups is 1. The van der Waals surface area contributed by atoms with Gasteiger partial charge in [-0.25, -0.2) is 0 Å². The summed E-state index contributed by atoms with van der Waals surface area (Å²) in [6, 6.07) is 9.38. The van der Waals surface area contributed by atoms with Crippen LogP contribution in [0.25, 0.3) is 0 Å². The third-order valence-electron chi connectivity index (χ3n) is 2.95. The van der Waals surface area contributed by atoms with E-state index in [0.29, 0.717) is 0 Å². The summed E-state index contributed by atoms with van der Waals surface area (Å²) in [7, 11) is 0. The highest BCUT2D eigenvalue weighted by molar-refractivity contribution is 8.01. The molecule has 0 aliphatic rings. The number of rotatable bonds is 7. The molecule has 0 saturated carbocycles. The van der Waals surface area contributed by atoms with Crippen LogP contribution in [-0.2, 0) is 11.3 Å². The third-order valence-corrected chi connectivity index (χ3v) is 4.90. The lowest BCUT2D eigenvalue weighted by atomic mass is 10.3. The first-order chi connectivity index (χ1) is 11.7. The minimum absolute atomic E-state index is 0.0982. The van der Waals surface area contributed by atoms with E-state index in [1.165, 1.54) is 18.3 Å². The molecule has 0 aliphatic heterocycles. The number of benzene rings is 1. The summed E-state index contributed by atoms with van der Waals surface area (Å²) in [6.07, 6.45) is 3.71. The van der Waals surface area contributed by atoms with Gasteiger partial charge in [-0.2, -0.15) is 5.10 Å². The van der Waals surface area contributed by atoms with Gasteiger partial charge in [0.1, 0.15) is 0 Å². The Morgan fingerprint density at radius 2 is 2.17 bits per heavy atom. The summed E-state index contributed by atoms with van der Waals surface area (Å²) in [5, 5.41) is 19.2. The van der Waals surface area contributed by atoms with Crippen LogP contribution >= 0.6 is 23.1 Å². The van der Waals surface area contributed by atoms with E-state index in [1.54, 1.807) is 18.0 Å². The summed E-state index contributed by atoms with van der Waals surface area (Å²) >= 11 is 3.15. The average Bonchev–Trinajstić information content (AvgIpc) is 3.19. The molecule has 0 unspecified atom stereocenters. The molecule has 0 bridgehead atoms. The summed E-state index contributed by atoms with van der Waals surface area (Å²) in [4.78, 5) is 11.1. The zero-order valence-electron chi connectivity index (χ0n) is 13.0. The number of carbonyl (C=O) groups excluding carboxylic acids is 1. The second kappa shape index (κ2) is 7.93. The van der Waals surface area contributed by atoms with Gasteiger partial charge in [0.15, 0.2) is 4.34 Å². The molecule has 0 radical (unpaired) electrons. The maximum absolute atomic E-state index is 11.1. The van der Waals surface area contributed by atoms with Gasteiger partial charge < -0.3 is 10.6 Å². The third kappa shape index (κ3) is 4.80. The lowest BCUT2D eigenvalue weighted by Crippen LogP contribution is -2.05. The molecule has 3 aromatic rings. The SMILES string of the molecule is CC(=O)Nc1cccc(Nc2nnc(SCCn3cccn3)s2)c1. The van der Waals surface area contributed by atoms with Gasteiger partial charge in [0.05, 0.1) is 6.54 Å². The molecule has 3 rings (SSSR count). The van der Waals surface area contributed by atoms with Crippen molar-refractivity contribution in [2.75, 3.05) is 16.4 Å². The average molecular weight is 360 g/mol. The van der Waals surface area contributed by atoms with Gasteiger partial charge in [-0.05, 0) is 24.3 Å². The van der Waals surface area contributed by atoms with Crippen LogP contribution in [0.5, 0.6) is 0 Å². The number of aromatic nitrogens is 4. The Kier molecular flexibility index (Phi) is 5.44. The van der Waals surface area contributed by atoms with E-state index < -0.39 is 0 Å². The predicted octanol–water partition coefficient (Wildman–Crippen LogP) is 3.23. The van der Waals surface area contributed by atoms with Crippen LogP contribution in [0.3, 0.4) is 0 Å². The quantitative estimate of drug-likeness (QED) is 0.629. The Labute approximate surface area is 147 Å². The second-order valence-corrected chi connectivity index (χ2v) is 7.20. The van der Waals surface area contributed by atoms with E-state index in [9.17, 15) is 4.79 Å². The van der Waals surface area contributed by atoms with Gasteiger partial charge in [0.25, 0.3) is 0 Å². The number of amides is 1. The molecule has 0 atom stereocenters. The Bertz CT molecular complexity index is 802. The first-order valence-electron chi connectivity index (χ1n) is 7.27. The number of hydrogen-bond acceptors (Lipinski definition) is 7. The van der Waals surface area contributed by atoms with Gasteiger partial charge >= 0.3 is 0 Å². The van der Waals surface area contributed by atoms with Crippen LogP contribution in [-0.4, -0.2) is 31.6 Å². The van der Waals surface area contributed by atoms with E-state index in [2.05, 4.69) is 25.9 Å². The van der Waals surface area contributed by atoms with Crippen LogP contribution in [0, 0.1) is 0 Å². The molecule has 1 aromatic carbocycles. The lowest BCUT2D eigenvalue weighted by molar-refractivity contribution is -0.114. The van der Waals surface area contributed by atoms with E-state index in [-0.39, 0.29) is 5.91 Å². The van der Waals surface area contributed by atoms with Crippen molar-refractivity contribution in [2.24, 2.45) is 0 Å². The van der Waals surface area contributed by atoms with E-state index in [1.807, 2.05) is 41.2 Å². The molecular weight excluding hydrogens is 344 g/mol. The van der Waals surface area contributed by atoms with Crippen molar-refractivity contribution in [2.45, 2.75) is 17.8 Å². The highest BCUT2D eigenvalue weighted by Crippen LogP contribution is 2.28. The number of anilines is 3. The molecule has 2 heterocycles. The normalized spacial score (nSPS) is 10.5. The first-order valence-corrected chi connectivity index (χ1v) is 9.08. The van der Waals surface area contributed by atoms with Crippen LogP contribution in [0.15, 0.2) is 47.1 Å². The number of carbonyl (C=O) groups is 1. The Morgan fingerprint density at radius 1 is 1.29 bits per heavy atom. The van der Waals surface area contributed by atoms with Crippen molar-refractivity contribution in [3.8, 4) is 0 Å². The van der Waals surface area contributed by atoms with Crippen LogP contribution in [0.2, 0.25) is 0 Å². The zero-order valence-corrected chi connectivity index (χ0v) is 14.6. The molecule has 0 fully saturated rings. The molecule has 2 N–H and O–H groups in total. The number of nitrogens with zero attached hydrogens (tertiary/aromatic N) is 4. The van der Waals surface area contributed by atoms with Gasteiger partial charge in [-0.3, -0.25) is 9.48 Å². The molecule has 1 amide bonds. The molecule has 2 aromatic heterocycles. The molecule has 0 saturated heterocycles. The number of hydrogen-bond donors (Lipinski definition) is 2. The van der Waals surface area contributed by atoms with Gasteiger partial charge in [-0.1, -0.05) is 29.2 Å². The Morgan fingerprint density at radius 3 is 2.96 bits per heavy atom. The summed E-state index contributed by atoms with van der Waals surface area (Å²) in [6.45, 7) is 2.32. The smallest absolute Gasteiger partial charge is 0.221 e. The maximum Gasteiger partial charge on any atom is 0.221 e. The standard InChI is InChI=1S/C15H16N6OS2/c1-11(22)17-12-4-2-5-13(10-12)18-14-19-20-15(24-14)23-9-8-21-7-3-6-16-21/h2-7,10H,8-9H2,1H3,(H,17,22)(H,18,19). The van der Waals surface area contributed by atoms with Crippen molar-refractivity contribution >= 4 is 45.5 Å². The Balaban J connectivity index is 1.54. The largest absolute Gasteiger partial charge is 0.330 e. The van der Waals surface area contributed by atoms with Crippen molar-refractivity contribution < 1.29 is 4.79 Å². The second-order valence-electron chi connectivity index (χ2n) is 4.88. The van der Waals surface area contributed by atoms with Crippen molar-refractivity contribution in [3.05, 3.63) is 42.7 Å². The first kappa shape index (κ1) is 16.5. The fourth-order valence-corrected chi connectivity index (χ4v) is 3.75. The summed E-state index contributed by atoms with van der Waals surface area (Å²) in [5.41, 5.74) is 1.59. The topological polar surface area (TPSA) is 84.7 Å². The van der Waals surface area contributed by atoms with Crippen LogP contribution in [0.4, 0.5) is 16.5 Å². The maximum atomic E-state index is 11.1. The monoisotopic (exact) mass is 360 g/mol. The molecule has 9 heteroatoms. The molecular formula is C15H16N6OS2. The van der Waals surface area contributed by atoms with Crippen molar-refractivity contribution in [3.63, 3.8) is 0 Å². The van der Waals surface area contributed by atoms with Gasteiger partial charge in [-0.15, -0.1) is 10.2 Å². The number of aryl methyl sites for hydroxylation is 1. The number of nitrogens with one attached hydrogen (secondary N) is 2. The van der Waals surface area contributed by atoms with E-state index >= 15 is 0 Å². The minimum atomic E-state index is -0.0982. The highest BCUT2D eigenvalue weighted by Gasteiger charge is 2.06. The molecule has 7 nitrogen and oxygen atoms in total. The lowest BCUT2D eigenvalue weighted by Gasteiger charge is -2.05. The molecule has 24 heavy (non-hydrogen) atoms. The minimum Gasteiger partial charge on any atom is -0.330 e. The van der Waals surface area contributed by atoms with Gasteiger partial charge in [0.2, 0.25) is 11.0 Å². The van der Waals surface area contributed by atoms with Crippen LogP contribution < -0.4 is 10.6 Å². The fourth-order valence-electron chi connectivity index (χ4n) is 1.98. The van der Waals surface area contributed by atoms with Gasteiger partial charge in [0, 0.05) is 36.4 Å².